The number of aromatic nitrogens is 3. The van der Waals surface area contributed by atoms with Crippen molar-refractivity contribution in [2.45, 2.75) is 26.2 Å². The van der Waals surface area contributed by atoms with Crippen LogP contribution < -0.4 is 0 Å². The van der Waals surface area contributed by atoms with Crippen molar-refractivity contribution in [2.75, 3.05) is 0 Å². The third kappa shape index (κ3) is 2.18. The molecule has 0 radical (unpaired) electrons. The molecule has 0 saturated heterocycles. The molecule has 0 N–H and O–H groups in total. The summed E-state index contributed by atoms with van der Waals surface area (Å²) in [5.41, 5.74) is 3.96. The van der Waals surface area contributed by atoms with E-state index in [0.717, 1.165) is 16.6 Å². The first kappa shape index (κ1) is 12.8. The van der Waals surface area contributed by atoms with Crippen molar-refractivity contribution in [2.24, 2.45) is 0 Å². The van der Waals surface area contributed by atoms with E-state index >= 15 is 0 Å². The van der Waals surface area contributed by atoms with Crippen LogP contribution in [-0.4, -0.2) is 14.6 Å². The van der Waals surface area contributed by atoms with Gasteiger partial charge in [0.15, 0.2) is 0 Å². The lowest BCUT2D eigenvalue weighted by molar-refractivity contribution is 0.595. The van der Waals surface area contributed by atoms with Crippen molar-refractivity contribution in [1.82, 2.24) is 14.6 Å². The molecule has 0 unspecified atom stereocenters. The van der Waals surface area contributed by atoms with E-state index in [9.17, 15) is 4.39 Å². The van der Waals surface area contributed by atoms with Crippen molar-refractivity contribution in [3.63, 3.8) is 0 Å². The summed E-state index contributed by atoms with van der Waals surface area (Å²) >= 11 is 0. The van der Waals surface area contributed by atoms with E-state index in [-0.39, 0.29) is 11.2 Å². The summed E-state index contributed by atoms with van der Waals surface area (Å²) in [7, 11) is 0. The van der Waals surface area contributed by atoms with Gasteiger partial charge in [0.2, 0.25) is 0 Å². The highest BCUT2D eigenvalue weighted by atomic mass is 19.1. The third-order valence-electron chi connectivity index (χ3n) is 3.36. The van der Waals surface area contributed by atoms with Gasteiger partial charge in [-0.25, -0.2) is 8.91 Å². The summed E-state index contributed by atoms with van der Waals surface area (Å²) in [6.07, 6.45) is 6.65. The largest absolute Gasteiger partial charge is 0.261 e. The summed E-state index contributed by atoms with van der Waals surface area (Å²) in [4.78, 5) is 3.88. The molecule has 3 aromatic heterocycles. The van der Waals surface area contributed by atoms with Gasteiger partial charge in [-0.05, 0) is 17.5 Å². The highest BCUT2D eigenvalue weighted by Gasteiger charge is 2.18. The van der Waals surface area contributed by atoms with Crippen LogP contribution in [0.5, 0.6) is 0 Å². The minimum absolute atomic E-state index is 0.0453. The fraction of sp³-hybridized carbons (Fsp3) is 0.250. The van der Waals surface area contributed by atoms with Crippen LogP contribution in [0.25, 0.3) is 16.6 Å². The highest BCUT2D eigenvalue weighted by molar-refractivity contribution is 5.66. The summed E-state index contributed by atoms with van der Waals surface area (Å²) in [6.45, 7) is 6.48. The summed E-state index contributed by atoms with van der Waals surface area (Å²) in [6, 6.07) is 5.47. The van der Waals surface area contributed by atoms with E-state index in [4.69, 9.17) is 0 Å². The maximum absolute atomic E-state index is 13.2. The Morgan fingerprint density at radius 1 is 1.05 bits per heavy atom. The Morgan fingerprint density at radius 2 is 1.85 bits per heavy atom. The first-order valence-electron chi connectivity index (χ1n) is 6.54. The number of halogens is 1. The number of rotatable bonds is 1. The van der Waals surface area contributed by atoms with E-state index < -0.39 is 0 Å². The monoisotopic (exact) mass is 269 g/mol. The first-order chi connectivity index (χ1) is 9.45. The van der Waals surface area contributed by atoms with Crippen molar-refractivity contribution in [3.8, 4) is 11.1 Å². The van der Waals surface area contributed by atoms with Crippen molar-refractivity contribution in [1.29, 1.82) is 0 Å². The molecule has 3 nitrogen and oxygen atoms in total. The molecule has 102 valence electrons. The lowest BCUT2D eigenvalue weighted by Gasteiger charge is -2.16. The zero-order valence-electron chi connectivity index (χ0n) is 11.8. The second-order valence-corrected chi connectivity index (χ2v) is 5.95. The van der Waals surface area contributed by atoms with Crippen LogP contribution in [-0.2, 0) is 5.41 Å². The van der Waals surface area contributed by atoms with Crippen molar-refractivity contribution >= 4 is 5.52 Å². The van der Waals surface area contributed by atoms with Crippen molar-refractivity contribution < 1.29 is 4.39 Å². The molecule has 4 heteroatoms. The molecule has 0 aliphatic carbocycles. The second-order valence-electron chi connectivity index (χ2n) is 5.95. The molecule has 0 aliphatic rings. The SMILES string of the molecule is CC(C)(C)c1cnn2cc(-c3cncc(F)c3)ccc12. The van der Waals surface area contributed by atoms with Gasteiger partial charge in [-0.15, -0.1) is 0 Å². The Bertz CT molecular complexity index is 769. The Labute approximate surface area is 117 Å². The number of pyridine rings is 2. The second kappa shape index (κ2) is 4.40. The molecule has 0 fully saturated rings. The molecular weight excluding hydrogens is 253 g/mol. The lowest BCUT2D eigenvalue weighted by atomic mass is 9.88. The number of nitrogens with zero attached hydrogens (tertiary/aromatic N) is 3. The van der Waals surface area contributed by atoms with Gasteiger partial charge in [0.1, 0.15) is 5.82 Å². The molecule has 0 atom stereocenters. The minimum Gasteiger partial charge on any atom is -0.261 e. The zero-order chi connectivity index (χ0) is 14.3. The molecule has 0 bridgehead atoms. The molecule has 3 heterocycles. The standard InChI is InChI=1S/C16H16FN3/c1-16(2,3)14-9-19-20-10-11(4-5-15(14)20)12-6-13(17)8-18-7-12/h4-10H,1-3H3. The molecule has 0 saturated carbocycles. The molecule has 3 aromatic rings. The van der Waals surface area contributed by atoms with Gasteiger partial charge in [0.25, 0.3) is 0 Å². The number of hydrogen-bond acceptors (Lipinski definition) is 2. The van der Waals surface area contributed by atoms with E-state index in [0.29, 0.717) is 0 Å². The van der Waals surface area contributed by atoms with Gasteiger partial charge < -0.3 is 0 Å². The van der Waals surface area contributed by atoms with Crippen LogP contribution >= 0.6 is 0 Å². The maximum atomic E-state index is 13.2. The molecule has 20 heavy (non-hydrogen) atoms. The van der Waals surface area contributed by atoms with Gasteiger partial charge in [0.05, 0.1) is 17.9 Å². The molecule has 0 aliphatic heterocycles. The molecule has 3 rings (SSSR count). The molecule has 0 aromatic carbocycles. The van der Waals surface area contributed by atoms with E-state index in [1.165, 1.54) is 17.8 Å². The van der Waals surface area contributed by atoms with Crippen LogP contribution in [0.4, 0.5) is 4.39 Å². The Morgan fingerprint density at radius 3 is 2.55 bits per heavy atom. The first-order valence-corrected chi connectivity index (χ1v) is 6.54. The Balaban J connectivity index is 2.13. The van der Waals surface area contributed by atoms with Crippen LogP contribution in [0.2, 0.25) is 0 Å². The quantitative estimate of drug-likeness (QED) is 0.672. The Hall–Kier alpha value is -2.23. The fourth-order valence-corrected chi connectivity index (χ4v) is 2.30. The van der Waals surface area contributed by atoms with E-state index in [2.05, 4.69) is 30.9 Å². The lowest BCUT2D eigenvalue weighted by Crippen LogP contribution is -2.10. The molecule has 0 amide bonds. The Kier molecular flexibility index (Phi) is 2.82. The van der Waals surface area contributed by atoms with Gasteiger partial charge in [-0.1, -0.05) is 26.8 Å². The van der Waals surface area contributed by atoms with E-state index in [1.807, 2.05) is 29.0 Å². The summed E-state index contributed by atoms with van der Waals surface area (Å²) < 4.78 is 15.1. The van der Waals surface area contributed by atoms with E-state index in [1.54, 1.807) is 6.20 Å². The predicted molar refractivity (Wildman–Crippen MR) is 77.1 cm³/mol. The zero-order valence-corrected chi connectivity index (χ0v) is 11.8. The third-order valence-corrected chi connectivity index (χ3v) is 3.36. The van der Waals surface area contributed by atoms with Gasteiger partial charge in [-0.3, -0.25) is 4.98 Å². The number of hydrogen-bond donors (Lipinski definition) is 0. The summed E-state index contributed by atoms with van der Waals surface area (Å²) in [5, 5.41) is 4.40. The average Bonchev–Trinajstić information content (AvgIpc) is 2.81. The van der Waals surface area contributed by atoms with Gasteiger partial charge in [-0.2, -0.15) is 5.10 Å². The number of fused-ring (bicyclic) bond motifs is 1. The topological polar surface area (TPSA) is 30.2 Å². The van der Waals surface area contributed by atoms with Crippen LogP contribution in [0.3, 0.4) is 0 Å². The van der Waals surface area contributed by atoms with Crippen LogP contribution in [0.1, 0.15) is 26.3 Å². The van der Waals surface area contributed by atoms with Gasteiger partial charge in [0, 0.05) is 29.1 Å². The normalized spacial score (nSPS) is 12.0. The molecular formula is C16H16FN3. The van der Waals surface area contributed by atoms with Crippen LogP contribution in [0.15, 0.2) is 43.0 Å². The molecule has 0 spiro atoms. The van der Waals surface area contributed by atoms with Crippen molar-refractivity contribution in [3.05, 3.63) is 54.4 Å². The maximum Gasteiger partial charge on any atom is 0.142 e. The highest BCUT2D eigenvalue weighted by Crippen LogP contribution is 2.28. The fourth-order valence-electron chi connectivity index (χ4n) is 2.30. The van der Waals surface area contributed by atoms with Crippen LogP contribution in [0, 0.1) is 5.82 Å². The average molecular weight is 269 g/mol. The smallest absolute Gasteiger partial charge is 0.142 e. The minimum atomic E-state index is -0.335. The summed E-state index contributed by atoms with van der Waals surface area (Å²) in [5.74, 6) is -0.335. The predicted octanol–water partition coefficient (Wildman–Crippen LogP) is 3.83. The van der Waals surface area contributed by atoms with Gasteiger partial charge >= 0.3 is 0 Å².